The van der Waals surface area contributed by atoms with E-state index in [0.29, 0.717) is 0 Å². The van der Waals surface area contributed by atoms with Gasteiger partial charge in [-0.2, -0.15) is 5.90 Å². The Morgan fingerprint density at radius 1 is 1.88 bits per heavy atom. The van der Waals surface area contributed by atoms with Gasteiger partial charge in [0.05, 0.1) is 0 Å². The Labute approximate surface area is 47.3 Å². The van der Waals surface area contributed by atoms with Crippen molar-refractivity contribution in [1.29, 1.82) is 0 Å². The first kappa shape index (κ1) is 6.97. The molecule has 0 aliphatic carbocycles. The van der Waals surface area contributed by atoms with E-state index in [2.05, 4.69) is 16.1 Å². The third kappa shape index (κ3) is 3.17. The van der Waals surface area contributed by atoms with E-state index in [-0.39, 0.29) is 5.91 Å². The first-order valence-corrected chi connectivity index (χ1v) is 2.05. The molecule has 0 spiro atoms. The Morgan fingerprint density at radius 2 is 2.50 bits per heavy atom. The summed E-state index contributed by atoms with van der Waals surface area (Å²) in [7, 11) is 1.52. The summed E-state index contributed by atoms with van der Waals surface area (Å²) in [5, 5.41) is 2.34. The Hall–Kier alpha value is -1.03. The third-order valence-electron chi connectivity index (χ3n) is 0.544. The molecule has 0 saturated carbocycles. The second-order valence-corrected chi connectivity index (χ2v) is 1.05. The van der Waals surface area contributed by atoms with E-state index in [1.54, 1.807) is 0 Å². The highest BCUT2D eigenvalue weighted by atomic mass is 16.6. The van der Waals surface area contributed by atoms with Crippen LogP contribution in [0.3, 0.4) is 0 Å². The average Bonchev–Trinajstić information content (AvgIpc) is 1.83. The van der Waals surface area contributed by atoms with Crippen LogP contribution in [0.25, 0.3) is 0 Å². The van der Waals surface area contributed by atoms with Gasteiger partial charge in [-0.15, -0.1) is 0 Å². The van der Waals surface area contributed by atoms with Crippen molar-refractivity contribution in [3.63, 3.8) is 0 Å². The van der Waals surface area contributed by atoms with Crippen LogP contribution in [0.4, 0.5) is 0 Å². The number of hydrogen-bond donors (Lipinski definition) is 2. The van der Waals surface area contributed by atoms with Gasteiger partial charge in [-0.25, -0.2) is 0 Å². The summed E-state index contributed by atoms with van der Waals surface area (Å²) >= 11 is 0. The maximum absolute atomic E-state index is 10.2. The van der Waals surface area contributed by atoms with E-state index in [0.717, 1.165) is 6.26 Å². The van der Waals surface area contributed by atoms with Crippen molar-refractivity contribution in [2.24, 2.45) is 5.90 Å². The summed E-state index contributed by atoms with van der Waals surface area (Å²) in [6, 6.07) is 0. The molecule has 0 heterocycles. The molecule has 8 heavy (non-hydrogen) atoms. The highest BCUT2D eigenvalue weighted by Crippen LogP contribution is 1.68. The second-order valence-electron chi connectivity index (χ2n) is 1.05. The maximum Gasteiger partial charge on any atom is 0.246 e. The third-order valence-corrected chi connectivity index (χ3v) is 0.544. The maximum atomic E-state index is 10.2. The van der Waals surface area contributed by atoms with E-state index in [1.807, 2.05) is 0 Å². The Kier molecular flexibility index (Phi) is 3.60. The summed E-state index contributed by atoms with van der Waals surface area (Å²) in [6.45, 7) is 0. The summed E-state index contributed by atoms with van der Waals surface area (Å²) in [5.41, 5.74) is 0. The van der Waals surface area contributed by atoms with Gasteiger partial charge >= 0.3 is 0 Å². The average molecular weight is 116 g/mol. The lowest BCUT2D eigenvalue weighted by atomic mass is 10.6. The molecular weight excluding hydrogens is 108 g/mol. The van der Waals surface area contributed by atoms with Gasteiger partial charge in [0, 0.05) is 13.1 Å². The molecule has 1 amide bonds. The van der Waals surface area contributed by atoms with Gasteiger partial charge in [-0.3, -0.25) is 4.79 Å². The fraction of sp³-hybridized carbons (Fsp3) is 0.250. The molecule has 0 aliphatic rings. The summed E-state index contributed by atoms with van der Waals surface area (Å²) < 4.78 is 0. The Morgan fingerprint density at radius 3 is 2.88 bits per heavy atom. The van der Waals surface area contributed by atoms with Crippen LogP contribution in [0.15, 0.2) is 12.3 Å². The molecule has 0 unspecified atom stereocenters. The van der Waals surface area contributed by atoms with Crippen LogP contribution in [0.5, 0.6) is 0 Å². The summed E-state index contributed by atoms with van der Waals surface area (Å²) in [6.07, 6.45) is 2.28. The van der Waals surface area contributed by atoms with Crippen LogP contribution in [-0.4, -0.2) is 13.0 Å². The largest absolute Gasteiger partial charge is 0.419 e. The fourth-order valence-electron chi connectivity index (χ4n) is 0.184. The second kappa shape index (κ2) is 4.14. The molecule has 3 N–H and O–H groups in total. The van der Waals surface area contributed by atoms with Crippen LogP contribution < -0.4 is 11.2 Å². The summed E-state index contributed by atoms with van der Waals surface area (Å²) in [4.78, 5) is 14.2. The van der Waals surface area contributed by atoms with Gasteiger partial charge in [-0.1, -0.05) is 0 Å². The van der Waals surface area contributed by atoms with Crippen LogP contribution in [0, 0.1) is 0 Å². The number of carbonyl (C=O) groups is 1. The molecule has 4 nitrogen and oxygen atoms in total. The quantitative estimate of drug-likeness (QED) is 0.280. The van der Waals surface area contributed by atoms with Crippen LogP contribution in [0.1, 0.15) is 0 Å². The number of hydrogen-bond acceptors (Lipinski definition) is 3. The highest BCUT2D eigenvalue weighted by molar-refractivity contribution is 5.86. The first-order valence-electron chi connectivity index (χ1n) is 2.05. The molecule has 0 bridgehead atoms. The SMILES string of the molecule is CNC(=O)/C=C/ON. The van der Waals surface area contributed by atoms with Crippen molar-refractivity contribution in [1.82, 2.24) is 5.32 Å². The van der Waals surface area contributed by atoms with Crippen molar-refractivity contribution in [3.8, 4) is 0 Å². The number of nitrogens with one attached hydrogen (secondary N) is 1. The van der Waals surface area contributed by atoms with Gasteiger partial charge in [0.25, 0.3) is 0 Å². The molecule has 0 aromatic carbocycles. The topological polar surface area (TPSA) is 64.3 Å². The van der Waals surface area contributed by atoms with Crippen LogP contribution in [0.2, 0.25) is 0 Å². The van der Waals surface area contributed by atoms with Crippen molar-refractivity contribution >= 4 is 5.91 Å². The zero-order valence-electron chi connectivity index (χ0n) is 4.55. The zero-order chi connectivity index (χ0) is 6.41. The highest BCUT2D eigenvalue weighted by Gasteiger charge is 1.84. The molecule has 4 heteroatoms. The van der Waals surface area contributed by atoms with E-state index >= 15 is 0 Å². The van der Waals surface area contributed by atoms with Crippen LogP contribution in [-0.2, 0) is 9.63 Å². The molecule has 0 atom stereocenters. The molecular formula is C4H8N2O2. The lowest BCUT2D eigenvalue weighted by Crippen LogP contribution is -2.14. The molecule has 0 aliphatic heterocycles. The lowest BCUT2D eigenvalue weighted by Gasteiger charge is -1.86. The first-order chi connectivity index (χ1) is 3.81. The molecule has 0 rings (SSSR count). The van der Waals surface area contributed by atoms with Crippen LogP contribution >= 0.6 is 0 Å². The van der Waals surface area contributed by atoms with Gasteiger partial charge < -0.3 is 10.2 Å². The molecule has 46 valence electrons. The molecule has 0 aromatic rings. The minimum Gasteiger partial charge on any atom is -0.419 e. The van der Waals surface area contributed by atoms with Crippen molar-refractivity contribution < 1.29 is 9.63 Å². The smallest absolute Gasteiger partial charge is 0.246 e. The molecule has 0 aromatic heterocycles. The van der Waals surface area contributed by atoms with E-state index < -0.39 is 0 Å². The normalized spacial score (nSPS) is 9.25. The number of nitrogens with two attached hydrogens (primary N) is 1. The van der Waals surface area contributed by atoms with Gasteiger partial charge in [0.2, 0.25) is 5.91 Å². The number of amides is 1. The lowest BCUT2D eigenvalue weighted by molar-refractivity contribution is -0.116. The van der Waals surface area contributed by atoms with Crippen molar-refractivity contribution in [2.45, 2.75) is 0 Å². The minimum atomic E-state index is -0.240. The fourth-order valence-corrected chi connectivity index (χ4v) is 0.184. The zero-order valence-corrected chi connectivity index (χ0v) is 4.55. The van der Waals surface area contributed by atoms with E-state index in [4.69, 9.17) is 0 Å². The standard InChI is InChI=1S/C4H8N2O2/c1-6-4(7)2-3-8-5/h2-3H,5H2,1H3,(H,6,7)/b3-2+. The van der Waals surface area contributed by atoms with Gasteiger partial charge in [-0.05, 0) is 0 Å². The monoisotopic (exact) mass is 116 g/mol. The molecule has 0 radical (unpaired) electrons. The van der Waals surface area contributed by atoms with Crippen molar-refractivity contribution in [2.75, 3.05) is 7.05 Å². The van der Waals surface area contributed by atoms with Gasteiger partial charge in [0.1, 0.15) is 6.26 Å². The Balaban J connectivity index is 3.37. The molecule has 0 fully saturated rings. The molecule has 0 saturated heterocycles. The van der Waals surface area contributed by atoms with Gasteiger partial charge in [0.15, 0.2) is 0 Å². The predicted octanol–water partition coefficient (Wildman–Crippen LogP) is -0.864. The number of rotatable bonds is 2. The number of carbonyl (C=O) groups excluding carboxylic acids is 1. The Bertz CT molecular complexity index is 100. The van der Waals surface area contributed by atoms with E-state index in [9.17, 15) is 4.79 Å². The van der Waals surface area contributed by atoms with Crippen molar-refractivity contribution in [3.05, 3.63) is 12.3 Å². The minimum absolute atomic E-state index is 0.240. The predicted molar refractivity (Wildman–Crippen MR) is 28.5 cm³/mol. The van der Waals surface area contributed by atoms with E-state index in [1.165, 1.54) is 13.1 Å². The summed E-state index contributed by atoms with van der Waals surface area (Å²) in [5.74, 6) is 4.32. The number of likely N-dealkylation sites (N-methyl/N-ethyl adjacent to an activating group) is 1.